The maximum atomic E-state index is 13.1. The van der Waals surface area contributed by atoms with Crippen molar-refractivity contribution >= 4 is 38.6 Å². The number of amidine groups is 1. The van der Waals surface area contributed by atoms with Crippen molar-refractivity contribution in [2.45, 2.75) is 37.0 Å². The van der Waals surface area contributed by atoms with Crippen LogP contribution in [0.4, 0.5) is 4.39 Å². The van der Waals surface area contributed by atoms with Crippen LogP contribution in [0.2, 0.25) is 0 Å². The van der Waals surface area contributed by atoms with Gasteiger partial charge in [0.1, 0.15) is 5.82 Å². The minimum Gasteiger partial charge on any atom is -0.481 e. The molecular weight excluding hydrogens is 407 g/mol. The average Bonchev–Trinajstić information content (AvgIpc) is 3.05. The second kappa shape index (κ2) is 8.60. The largest absolute Gasteiger partial charge is 0.481 e. The van der Waals surface area contributed by atoms with Gasteiger partial charge in [0.25, 0.3) is 0 Å². The molecule has 152 valence electrons. The molecule has 2 saturated heterocycles. The van der Waals surface area contributed by atoms with E-state index < -0.39 is 21.7 Å². The monoisotopic (exact) mass is 428 g/mol. The van der Waals surface area contributed by atoms with Crippen LogP contribution in [-0.2, 0) is 25.8 Å². The van der Waals surface area contributed by atoms with Gasteiger partial charge < -0.3 is 10.0 Å². The summed E-state index contributed by atoms with van der Waals surface area (Å²) < 4.78 is 37.1. The Morgan fingerprint density at radius 2 is 1.93 bits per heavy atom. The number of aliphatic imine (C=N–C) groups is 1. The van der Waals surface area contributed by atoms with Crippen molar-refractivity contribution in [2.24, 2.45) is 4.99 Å². The Kier molecular flexibility index (Phi) is 6.39. The van der Waals surface area contributed by atoms with E-state index in [-0.39, 0.29) is 47.9 Å². The number of carbonyl (C=O) groups excluding carboxylic acids is 1. The fraction of sp³-hybridized carbons (Fsp3) is 0.500. The highest BCUT2D eigenvalue weighted by Gasteiger charge is 2.48. The lowest BCUT2D eigenvalue weighted by Crippen LogP contribution is -2.39. The van der Waals surface area contributed by atoms with Crippen LogP contribution < -0.4 is 0 Å². The zero-order chi connectivity index (χ0) is 20.3. The Balaban J connectivity index is 1.70. The number of carboxylic acids is 1. The van der Waals surface area contributed by atoms with Crippen LogP contribution in [0.5, 0.6) is 0 Å². The SMILES string of the molecule is O=C(O)CCCC(=O)N=C1S[C@@H]2CS(=O)(=O)C[C@@H]2N1CCc1ccc(F)cc1. The van der Waals surface area contributed by atoms with Gasteiger partial charge in [-0.05, 0) is 30.5 Å². The molecule has 28 heavy (non-hydrogen) atoms. The Labute approximate surface area is 166 Å². The maximum Gasteiger partial charge on any atom is 0.303 e. The number of carbonyl (C=O) groups is 2. The van der Waals surface area contributed by atoms with E-state index in [1.165, 1.54) is 23.9 Å². The van der Waals surface area contributed by atoms with E-state index >= 15 is 0 Å². The highest BCUT2D eigenvalue weighted by Crippen LogP contribution is 2.38. The molecule has 0 unspecified atom stereocenters. The van der Waals surface area contributed by atoms with Crippen LogP contribution in [0.3, 0.4) is 0 Å². The first-order valence-corrected chi connectivity index (χ1v) is 11.6. The summed E-state index contributed by atoms with van der Waals surface area (Å²) in [5, 5.41) is 9.00. The summed E-state index contributed by atoms with van der Waals surface area (Å²) in [4.78, 5) is 28.7. The fourth-order valence-corrected chi connectivity index (χ4v) is 7.35. The van der Waals surface area contributed by atoms with Crippen LogP contribution in [0.1, 0.15) is 24.8 Å². The van der Waals surface area contributed by atoms with Gasteiger partial charge in [0.15, 0.2) is 15.0 Å². The molecule has 2 atom stereocenters. The molecule has 0 radical (unpaired) electrons. The lowest BCUT2D eigenvalue weighted by Gasteiger charge is -2.24. The van der Waals surface area contributed by atoms with Gasteiger partial charge in [-0.1, -0.05) is 23.9 Å². The third-order valence-electron chi connectivity index (χ3n) is 4.73. The fourth-order valence-electron chi connectivity index (χ4n) is 3.35. The minimum absolute atomic E-state index is 0.0281. The van der Waals surface area contributed by atoms with Gasteiger partial charge >= 0.3 is 5.97 Å². The molecule has 0 spiro atoms. The zero-order valence-electron chi connectivity index (χ0n) is 15.1. The number of aliphatic carboxylic acids is 1. The van der Waals surface area contributed by atoms with E-state index in [9.17, 15) is 22.4 Å². The van der Waals surface area contributed by atoms with Gasteiger partial charge in [-0.25, -0.2) is 12.8 Å². The van der Waals surface area contributed by atoms with Gasteiger partial charge in [-0.15, -0.1) is 0 Å². The molecule has 0 aliphatic carbocycles. The van der Waals surface area contributed by atoms with Crippen molar-refractivity contribution in [3.8, 4) is 0 Å². The van der Waals surface area contributed by atoms with E-state index in [0.29, 0.717) is 18.1 Å². The number of fused-ring (bicyclic) bond motifs is 1. The van der Waals surface area contributed by atoms with Crippen LogP contribution >= 0.6 is 11.8 Å². The minimum atomic E-state index is -3.12. The average molecular weight is 429 g/mol. The number of hydrogen-bond donors (Lipinski definition) is 1. The molecule has 1 N–H and O–H groups in total. The number of hydrogen-bond acceptors (Lipinski definition) is 5. The van der Waals surface area contributed by atoms with Crippen LogP contribution in [0, 0.1) is 5.82 Å². The molecule has 7 nitrogen and oxygen atoms in total. The Morgan fingerprint density at radius 3 is 2.61 bits per heavy atom. The van der Waals surface area contributed by atoms with Gasteiger partial charge in [0.2, 0.25) is 5.91 Å². The summed E-state index contributed by atoms with van der Waals surface area (Å²) in [5.74, 6) is -1.60. The number of amides is 1. The summed E-state index contributed by atoms with van der Waals surface area (Å²) in [6.45, 7) is 0.469. The van der Waals surface area contributed by atoms with Crippen molar-refractivity contribution in [3.05, 3.63) is 35.6 Å². The van der Waals surface area contributed by atoms with E-state index in [2.05, 4.69) is 4.99 Å². The molecule has 2 aliphatic rings. The van der Waals surface area contributed by atoms with Crippen molar-refractivity contribution in [1.29, 1.82) is 0 Å². The summed E-state index contributed by atoms with van der Waals surface area (Å²) in [5.41, 5.74) is 0.905. The summed E-state index contributed by atoms with van der Waals surface area (Å²) in [7, 11) is -3.12. The number of rotatable bonds is 7. The summed E-state index contributed by atoms with van der Waals surface area (Å²) in [6.07, 6.45) is 0.722. The second-order valence-electron chi connectivity index (χ2n) is 6.91. The molecule has 2 fully saturated rings. The van der Waals surface area contributed by atoms with E-state index in [1.807, 2.05) is 4.90 Å². The van der Waals surface area contributed by atoms with E-state index in [0.717, 1.165) is 5.56 Å². The molecule has 3 rings (SSSR count). The van der Waals surface area contributed by atoms with E-state index in [4.69, 9.17) is 5.11 Å². The maximum absolute atomic E-state index is 13.1. The lowest BCUT2D eigenvalue weighted by atomic mass is 10.1. The molecular formula is C18H21FN2O5S2. The van der Waals surface area contributed by atoms with Gasteiger partial charge in [0, 0.05) is 24.6 Å². The number of carboxylic acid groups (broad SMARTS) is 1. The van der Waals surface area contributed by atoms with Crippen molar-refractivity contribution in [3.63, 3.8) is 0 Å². The standard InChI is InChI=1S/C18H21FN2O5S2/c19-13-6-4-12(5-7-13)8-9-21-14-10-28(25,26)11-15(14)27-18(21)20-16(22)2-1-3-17(23)24/h4-7,14-15H,1-3,8-11H2,(H,23,24)/t14-,15+/m0/s1. The van der Waals surface area contributed by atoms with Crippen LogP contribution in [-0.4, -0.2) is 64.8 Å². The number of thioether (sulfide) groups is 1. The van der Waals surface area contributed by atoms with E-state index in [1.54, 1.807) is 12.1 Å². The third-order valence-corrected chi connectivity index (χ3v) is 7.98. The Hall–Kier alpha value is -1.94. The molecule has 0 saturated carbocycles. The number of sulfone groups is 1. The molecule has 1 amide bonds. The molecule has 10 heteroatoms. The molecule has 2 heterocycles. The Morgan fingerprint density at radius 1 is 1.21 bits per heavy atom. The smallest absolute Gasteiger partial charge is 0.303 e. The first kappa shape index (κ1) is 20.8. The van der Waals surface area contributed by atoms with Gasteiger partial charge in [0.05, 0.1) is 17.5 Å². The zero-order valence-corrected chi connectivity index (χ0v) is 16.7. The second-order valence-corrected chi connectivity index (χ2v) is 10.3. The Bertz CT molecular complexity index is 886. The summed E-state index contributed by atoms with van der Waals surface area (Å²) in [6, 6.07) is 5.86. The van der Waals surface area contributed by atoms with Gasteiger partial charge in [-0.3, -0.25) is 9.59 Å². The third kappa shape index (κ3) is 5.32. The first-order valence-electron chi connectivity index (χ1n) is 8.95. The molecule has 2 aliphatic heterocycles. The predicted octanol–water partition coefficient (Wildman–Crippen LogP) is 1.72. The first-order chi connectivity index (χ1) is 13.2. The number of benzene rings is 1. The molecule has 1 aromatic carbocycles. The topological polar surface area (TPSA) is 104 Å². The quantitative estimate of drug-likeness (QED) is 0.705. The number of nitrogens with zero attached hydrogens (tertiary/aromatic N) is 2. The van der Waals surface area contributed by atoms with Crippen molar-refractivity contribution in [2.75, 3.05) is 18.1 Å². The summed E-state index contributed by atoms with van der Waals surface area (Å²) >= 11 is 1.30. The predicted molar refractivity (Wildman–Crippen MR) is 105 cm³/mol. The molecule has 0 bridgehead atoms. The normalized spacial score (nSPS) is 24.5. The highest BCUT2D eigenvalue weighted by molar-refractivity contribution is 8.15. The molecule has 0 aromatic heterocycles. The van der Waals surface area contributed by atoms with Crippen LogP contribution in [0.15, 0.2) is 29.3 Å². The van der Waals surface area contributed by atoms with Crippen molar-refractivity contribution in [1.82, 2.24) is 4.90 Å². The van der Waals surface area contributed by atoms with Gasteiger partial charge in [-0.2, -0.15) is 4.99 Å². The lowest BCUT2D eigenvalue weighted by molar-refractivity contribution is -0.137. The van der Waals surface area contributed by atoms with Crippen molar-refractivity contribution < 1.29 is 27.5 Å². The number of halogens is 1. The highest BCUT2D eigenvalue weighted by atomic mass is 32.2. The molecule has 1 aromatic rings. The van der Waals surface area contributed by atoms with Crippen LogP contribution in [0.25, 0.3) is 0 Å².